The van der Waals surface area contributed by atoms with Crippen molar-refractivity contribution in [1.82, 2.24) is 4.90 Å². The van der Waals surface area contributed by atoms with Crippen LogP contribution in [0.1, 0.15) is 33.3 Å². The molecule has 0 saturated carbocycles. The summed E-state index contributed by atoms with van der Waals surface area (Å²) in [5.41, 5.74) is 6.46. The van der Waals surface area contributed by atoms with E-state index in [2.05, 4.69) is 0 Å². The molecule has 3 rings (SSSR count). The number of nitrogens with zero attached hydrogens (tertiary/aromatic N) is 1. The Bertz CT molecular complexity index is 965. The van der Waals surface area contributed by atoms with Crippen molar-refractivity contribution in [2.24, 2.45) is 11.1 Å². The van der Waals surface area contributed by atoms with Crippen molar-refractivity contribution < 1.29 is 33.4 Å². The Morgan fingerprint density at radius 3 is 2.38 bits per heavy atom. The lowest BCUT2D eigenvalue weighted by Gasteiger charge is -2.48. The van der Waals surface area contributed by atoms with E-state index < -0.39 is 23.4 Å². The summed E-state index contributed by atoms with van der Waals surface area (Å²) in [5, 5.41) is -0.345. The molecule has 2 aliphatic heterocycles. The lowest BCUT2D eigenvalue weighted by atomic mass is 9.97. The number of thioether (sulfide) groups is 1. The molecule has 0 aromatic heterocycles. The quantitative estimate of drug-likeness (QED) is 0.382. The fourth-order valence-electron chi connectivity index (χ4n) is 3.00. The van der Waals surface area contributed by atoms with Crippen molar-refractivity contribution in [2.75, 3.05) is 12.4 Å². The SMILES string of the molecule is CC(=O)OCC1=C(C(=O)OCc2ccc(OC(=O)C(C)(C)C)cc2)N2C(=O)C(N)C2SC1. The number of β-lactam (4-membered cyclic amide) rings is 1. The normalized spacial score (nSPS) is 20.3. The number of rotatable bonds is 6. The van der Waals surface area contributed by atoms with Gasteiger partial charge in [-0.05, 0) is 38.5 Å². The smallest absolute Gasteiger partial charge is 0.355 e. The fraction of sp³-hybridized carbons (Fsp3) is 0.455. The molecule has 2 aliphatic rings. The summed E-state index contributed by atoms with van der Waals surface area (Å²) >= 11 is 1.41. The zero-order chi connectivity index (χ0) is 23.6. The van der Waals surface area contributed by atoms with Crippen molar-refractivity contribution >= 4 is 35.6 Å². The molecule has 1 saturated heterocycles. The third-order valence-corrected chi connectivity index (χ3v) is 6.21. The van der Waals surface area contributed by atoms with Crippen LogP contribution in [0.2, 0.25) is 0 Å². The molecular weight excluding hydrogens is 436 g/mol. The Hall–Kier alpha value is -2.85. The maximum Gasteiger partial charge on any atom is 0.355 e. The minimum atomic E-state index is -0.694. The van der Waals surface area contributed by atoms with E-state index in [1.165, 1.54) is 23.6 Å². The van der Waals surface area contributed by atoms with E-state index in [1.807, 2.05) is 0 Å². The average Bonchev–Trinajstić information content (AvgIpc) is 2.74. The molecule has 2 heterocycles. The zero-order valence-corrected chi connectivity index (χ0v) is 19.2. The van der Waals surface area contributed by atoms with Crippen LogP contribution >= 0.6 is 11.8 Å². The molecule has 2 unspecified atom stereocenters. The number of amides is 1. The number of hydrogen-bond acceptors (Lipinski definition) is 9. The van der Waals surface area contributed by atoms with Crippen LogP contribution in [0.15, 0.2) is 35.5 Å². The van der Waals surface area contributed by atoms with Gasteiger partial charge in [0.1, 0.15) is 36.1 Å². The molecule has 2 N–H and O–H groups in total. The highest BCUT2D eigenvalue weighted by atomic mass is 32.2. The van der Waals surface area contributed by atoms with Gasteiger partial charge in [-0.2, -0.15) is 0 Å². The standard InChI is InChI=1S/C22H26N2O7S/c1-12(25)29-10-14-11-32-19-16(23)18(26)24(19)17(14)20(27)30-9-13-5-7-15(8-6-13)31-21(28)22(2,3)4/h5-8,16,19H,9-11,23H2,1-4H3. The maximum atomic E-state index is 12.9. The molecule has 1 amide bonds. The van der Waals surface area contributed by atoms with Crippen LogP contribution in [-0.4, -0.2) is 52.5 Å². The highest BCUT2D eigenvalue weighted by Crippen LogP contribution is 2.40. The van der Waals surface area contributed by atoms with Gasteiger partial charge in [-0.3, -0.25) is 19.3 Å². The van der Waals surface area contributed by atoms with Crippen LogP contribution in [-0.2, 0) is 35.3 Å². The predicted molar refractivity (Wildman–Crippen MR) is 116 cm³/mol. The van der Waals surface area contributed by atoms with Crippen LogP contribution in [0.25, 0.3) is 0 Å². The summed E-state index contributed by atoms with van der Waals surface area (Å²) in [6.07, 6.45) is 0. The van der Waals surface area contributed by atoms with E-state index in [9.17, 15) is 19.2 Å². The Morgan fingerprint density at radius 2 is 1.78 bits per heavy atom. The molecule has 1 fully saturated rings. The molecule has 2 atom stereocenters. The third kappa shape index (κ3) is 5.13. The molecule has 0 spiro atoms. The van der Waals surface area contributed by atoms with E-state index in [0.717, 1.165) is 0 Å². The van der Waals surface area contributed by atoms with Gasteiger partial charge < -0.3 is 19.9 Å². The van der Waals surface area contributed by atoms with E-state index in [1.54, 1.807) is 45.0 Å². The van der Waals surface area contributed by atoms with Gasteiger partial charge in [0.2, 0.25) is 5.91 Å². The van der Waals surface area contributed by atoms with Crippen LogP contribution < -0.4 is 10.5 Å². The minimum Gasteiger partial charge on any atom is -0.461 e. The second-order valence-electron chi connectivity index (χ2n) is 8.53. The van der Waals surface area contributed by atoms with Crippen molar-refractivity contribution in [3.05, 3.63) is 41.1 Å². The summed E-state index contributed by atoms with van der Waals surface area (Å²) < 4.78 is 15.8. The predicted octanol–water partition coefficient (Wildman–Crippen LogP) is 1.74. The number of esters is 3. The van der Waals surface area contributed by atoms with Gasteiger partial charge in [-0.15, -0.1) is 11.8 Å². The third-order valence-electron chi connectivity index (χ3n) is 4.85. The summed E-state index contributed by atoms with van der Waals surface area (Å²) in [7, 11) is 0. The highest BCUT2D eigenvalue weighted by Gasteiger charge is 2.52. The number of carbonyl (C=O) groups is 4. The number of hydrogen-bond donors (Lipinski definition) is 1. The average molecular weight is 463 g/mol. The maximum absolute atomic E-state index is 12.9. The van der Waals surface area contributed by atoms with Gasteiger partial charge in [0.05, 0.1) is 5.41 Å². The highest BCUT2D eigenvalue weighted by molar-refractivity contribution is 8.00. The summed E-state index contributed by atoms with van der Waals surface area (Å²) in [6.45, 7) is 6.40. The van der Waals surface area contributed by atoms with Gasteiger partial charge in [-0.25, -0.2) is 4.79 Å². The van der Waals surface area contributed by atoms with Gasteiger partial charge in [0.15, 0.2) is 0 Å². The van der Waals surface area contributed by atoms with E-state index in [4.69, 9.17) is 19.9 Å². The van der Waals surface area contributed by atoms with Crippen LogP contribution in [0.5, 0.6) is 5.75 Å². The molecular formula is C22H26N2O7S. The Labute approximate surface area is 190 Å². The first kappa shape index (κ1) is 23.8. The zero-order valence-electron chi connectivity index (χ0n) is 18.4. The monoisotopic (exact) mass is 462 g/mol. The number of nitrogens with two attached hydrogens (primary N) is 1. The lowest BCUT2D eigenvalue weighted by Crippen LogP contribution is -2.68. The second kappa shape index (κ2) is 9.33. The lowest BCUT2D eigenvalue weighted by molar-refractivity contribution is -0.151. The molecule has 172 valence electrons. The topological polar surface area (TPSA) is 125 Å². The molecule has 0 aliphatic carbocycles. The fourth-order valence-corrected chi connectivity index (χ4v) is 4.27. The summed E-state index contributed by atoms with van der Waals surface area (Å²) in [6, 6.07) is 5.90. The number of carbonyl (C=O) groups excluding carboxylic acids is 4. The molecule has 0 radical (unpaired) electrons. The Balaban J connectivity index is 1.68. The number of fused-ring (bicyclic) bond motifs is 1. The summed E-state index contributed by atoms with van der Waals surface area (Å²) in [4.78, 5) is 49.6. The second-order valence-corrected chi connectivity index (χ2v) is 9.63. The van der Waals surface area contributed by atoms with E-state index >= 15 is 0 Å². The largest absolute Gasteiger partial charge is 0.461 e. The van der Waals surface area contributed by atoms with Crippen molar-refractivity contribution in [3.8, 4) is 5.75 Å². The molecule has 10 heteroatoms. The van der Waals surface area contributed by atoms with Crippen molar-refractivity contribution in [1.29, 1.82) is 0 Å². The van der Waals surface area contributed by atoms with Gasteiger partial charge in [-0.1, -0.05) is 12.1 Å². The number of ether oxygens (including phenoxy) is 3. The first-order chi connectivity index (χ1) is 15.0. The molecule has 0 bridgehead atoms. The minimum absolute atomic E-state index is 0.0530. The van der Waals surface area contributed by atoms with Gasteiger partial charge in [0.25, 0.3) is 0 Å². The first-order valence-corrected chi connectivity index (χ1v) is 11.1. The van der Waals surface area contributed by atoms with Crippen molar-refractivity contribution in [3.63, 3.8) is 0 Å². The van der Waals surface area contributed by atoms with Crippen LogP contribution in [0, 0.1) is 5.41 Å². The van der Waals surface area contributed by atoms with Gasteiger partial charge in [0, 0.05) is 18.2 Å². The van der Waals surface area contributed by atoms with E-state index in [0.29, 0.717) is 22.6 Å². The molecule has 9 nitrogen and oxygen atoms in total. The van der Waals surface area contributed by atoms with Crippen LogP contribution in [0.3, 0.4) is 0 Å². The van der Waals surface area contributed by atoms with Crippen LogP contribution in [0.4, 0.5) is 0 Å². The molecule has 1 aromatic rings. The van der Waals surface area contributed by atoms with Gasteiger partial charge >= 0.3 is 17.9 Å². The summed E-state index contributed by atoms with van der Waals surface area (Å²) in [5.74, 6) is -1.13. The molecule has 32 heavy (non-hydrogen) atoms. The Morgan fingerprint density at radius 1 is 1.12 bits per heavy atom. The number of benzene rings is 1. The van der Waals surface area contributed by atoms with Crippen molar-refractivity contribution in [2.45, 2.75) is 45.7 Å². The first-order valence-electron chi connectivity index (χ1n) is 10.0. The van der Waals surface area contributed by atoms with E-state index in [-0.39, 0.29) is 36.2 Å². The Kier molecular flexibility index (Phi) is 6.94. The molecule has 1 aromatic carbocycles.